The van der Waals surface area contributed by atoms with E-state index >= 15 is 0 Å². The summed E-state index contributed by atoms with van der Waals surface area (Å²) in [5.74, 6) is -2.23. The van der Waals surface area contributed by atoms with Crippen LogP contribution in [0.1, 0.15) is 19.4 Å². The normalized spacial score (nSPS) is 11.3. The molecule has 0 heterocycles. The maximum atomic E-state index is 12.5. The molecule has 0 aromatic heterocycles. The van der Waals surface area contributed by atoms with Crippen LogP contribution in [0.15, 0.2) is 52.9 Å². The first kappa shape index (κ1) is 22.2. The van der Waals surface area contributed by atoms with Crippen LogP contribution in [0.2, 0.25) is 0 Å². The molecular formula is C21H20F2N2O3S. The Bertz CT molecular complexity index is 923. The lowest BCUT2D eigenvalue weighted by Crippen LogP contribution is -2.13. The van der Waals surface area contributed by atoms with Crippen molar-refractivity contribution in [2.24, 2.45) is 0 Å². The molecule has 0 fully saturated rings. The van der Waals surface area contributed by atoms with E-state index in [0.717, 1.165) is 0 Å². The van der Waals surface area contributed by atoms with Gasteiger partial charge in [-0.3, -0.25) is 4.79 Å². The maximum Gasteiger partial charge on any atom is 0.288 e. The van der Waals surface area contributed by atoms with Crippen molar-refractivity contribution in [2.75, 3.05) is 12.4 Å². The third-order valence-electron chi connectivity index (χ3n) is 3.59. The van der Waals surface area contributed by atoms with Crippen molar-refractivity contribution >= 4 is 29.4 Å². The van der Waals surface area contributed by atoms with Gasteiger partial charge in [-0.1, -0.05) is 23.9 Å². The highest BCUT2D eigenvalue weighted by Crippen LogP contribution is 2.33. The van der Waals surface area contributed by atoms with Crippen LogP contribution < -0.4 is 14.8 Å². The summed E-state index contributed by atoms with van der Waals surface area (Å²) >= 11 is 0.413. The Morgan fingerprint density at radius 2 is 1.90 bits per heavy atom. The number of hydrogen-bond donors (Lipinski definition) is 1. The molecule has 0 spiro atoms. The number of ether oxygens (including phenoxy) is 2. The summed E-state index contributed by atoms with van der Waals surface area (Å²) < 4.78 is 35.9. The van der Waals surface area contributed by atoms with Gasteiger partial charge < -0.3 is 14.8 Å². The van der Waals surface area contributed by atoms with Crippen LogP contribution in [-0.2, 0) is 4.79 Å². The van der Waals surface area contributed by atoms with E-state index in [1.165, 1.54) is 37.5 Å². The van der Waals surface area contributed by atoms with E-state index in [-0.39, 0.29) is 11.7 Å². The minimum absolute atomic E-state index is 0.137. The number of hydrogen-bond acceptors (Lipinski definition) is 5. The monoisotopic (exact) mass is 418 g/mol. The number of nitriles is 1. The fourth-order valence-electron chi connectivity index (χ4n) is 2.39. The number of carbonyl (C=O) groups is 1. The molecule has 152 valence electrons. The average Bonchev–Trinajstić information content (AvgIpc) is 2.67. The molecule has 2 aromatic rings. The van der Waals surface area contributed by atoms with E-state index < -0.39 is 11.7 Å². The van der Waals surface area contributed by atoms with Crippen LogP contribution in [0.3, 0.4) is 0 Å². The Morgan fingerprint density at radius 3 is 2.45 bits per heavy atom. The molecule has 0 aliphatic carbocycles. The number of anilines is 1. The molecule has 0 unspecified atom stereocenters. The Morgan fingerprint density at radius 1 is 1.21 bits per heavy atom. The van der Waals surface area contributed by atoms with Crippen molar-refractivity contribution in [1.29, 1.82) is 5.26 Å². The van der Waals surface area contributed by atoms with Gasteiger partial charge in [0.2, 0.25) is 0 Å². The van der Waals surface area contributed by atoms with Crippen molar-refractivity contribution < 1.29 is 23.0 Å². The largest absolute Gasteiger partial charge is 0.493 e. The summed E-state index contributed by atoms with van der Waals surface area (Å²) in [7, 11) is 1.50. The number of carbonyl (C=O) groups excluding carboxylic acids is 1. The lowest BCUT2D eigenvalue weighted by atomic mass is 10.1. The SMILES string of the molecule is COc1cccc(/C=C(\C#N)C(=O)Nc2ccc(SC(F)F)cc2)c1OC(C)C. The van der Waals surface area contributed by atoms with Gasteiger partial charge in [-0.05, 0) is 50.3 Å². The zero-order chi connectivity index (χ0) is 21.4. The van der Waals surface area contributed by atoms with E-state index in [4.69, 9.17) is 9.47 Å². The Kier molecular flexibility index (Phi) is 8.04. The topological polar surface area (TPSA) is 71.3 Å². The number of nitrogens with one attached hydrogen (secondary N) is 1. The molecule has 29 heavy (non-hydrogen) atoms. The van der Waals surface area contributed by atoms with Gasteiger partial charge in [-0.2, -0.15) is 14.0 Å². The Balaban J connectivity index is 2.26. The van der Waals surface area contributed by atoms with Crippen LogP contribution in [0, 0.1) is 11.3 Å². The van der Waals surface area contributed by atoms with E-state index in [1.54, 1.807) is 18.2 Å². The number of halogens is 2. The lowest BCUT2D eigenvalue weighted by Gasteiger charge is -2.16. The van der Waals surface area contributed by atoms with Gasteiger partial charge in [0.05, 0.1) is 13.2 Å². The number of nitrogens with zero attached hydrogens (tertiary/aromatic N) is 1. The third-order valence-corrected chi connectivity index (χ3v) is 4.31. The van der Waals surface area contributed by atoms with Crippen LogP contribution in [0.25, 0.3) is 6.08 Å². The third kappa shape index (κ3) is 6.50. The van der Waals surface area contributed by atoms with E-state index in [2.05, 4.69) is 5.32 Å². The number of benzene rings is 2. The number of alkyl halides is 2. The van der Waals surface area contributed by atoms with Crippen molar-refractivity contribution in [3.8, 4) is 17.6 Å². The zero-order valence-corrected chi connectivity index (χ0v) is 16.9. The summed E-state index contributed by atoms with van der Waals surface area (Å²) in [6.07, 6.45) is 1.28. The predicted molar refractivity (Wildman–Crippen MR) is 109 cm³/mol. The van der Waals surface area contributed by atoms with Crippen molar-refractivity contribution in [3.05, 3.63) is 53.6 Å². The average molecular weight is 418 g/mol. The molecule has 5 nitrogen and oxygen atoms in total. The lowest BCUT2D eigenvalue weighted by molar-refractivity contribution is -0.112. The maximum absolute atomic E-state index is 12.5. The number of rotatable bonds is 8. The molecule has 0 radical (unpaired) electrons. The smallest absolute Gasteiger partial charge is 0.288 e. The number of para-hydroxylation sites is 1. The van der Waals surface area contributed by atoms with Gasteiger partial charge in [-0.15, -0.1) is 0 Å². The fraction of sp³-hybridized carbons (Fsp3) is 0.238. The van der Waals surface area contributed by atoms with Crippen molar-refractivity contribution in [2.45, 2.75) is 30.6 Å². The Labute approximate surface area is 172 Å². The second-order valence-electron chi connectivity index (χ2n) is 6.07. The van der Waals surface area contributed by atoms with Crippen LogP contribution in [0.4, 0.5) is 14.5 Å². The molecule has 2 aromatic carbocycles. The summed E-state index contributed by atoms with van der Waals surface area (Å²) in [6.45, 7) is 3.71. The van der Waals surface area contributed by atoms with Crippen LogP contribution in [-0.4, -0.2) is 24.9 Å². The van der Waals surface area contributed by atoms with Crippen molar-refractivity contribution in [3.63, 3.8) is 0 Å². The molecule has 0 bridgehead atoms. The quantitative estimate of drug-likeness (QED) is 0.356. The molecule has 0 saturated heterocycles. The van der Waals surface area contributed by atoms with Crippen molar-refractivity contribution in [1.82, 2.24) is 0 Å². The van der Waals surface area contributed by atoms with Crippen LogP contribution in [0.5, 0.6) is 11.5 Å². The molecular weight excluding hydrogens is 398 g/mol. The number of thioether (sulfide) groups is 1. The van der Waals surface area contributed by atoms with Gasteiger partial charge in [0.1, 0.15) is 11.6 Å². The van der Waals surface area contributed by atoms with Gasteiger partial charge in [0.15, 0.2) is 11.5 Å². The highest BCUT2D eigenvalue weighted by Gasteiger charge is 2.15. The highest BCUT2D eigenvalue weighted by molar-refractivity contribution is 7.99. The molecule has 0 aliphatic rings. The second-order valence-corrected chi connectivity index (χ2v) is 7.14. The molecule has 1 amide bonds. The predicted octanol–water partition coefficient (Wildman–Crippen LogP) is 5.34. The van der Waals surface area contributed by atoms with Gasteiger partial charge >= 0.3 is 0 Å². The fourth-order valence-corrected chi connectivity index (χ4v) is 2.89. The first-order valence-electron chi connectivity index (χ1n) is 8.65. The van der Waals surface area contributed by atoms with Gasteiger partial charge in [-0.25, -0.2) is 0 Å². The van der Waals surface area contributed by atoms with E-state index in [1.807, 2.05) is 19.9 Å². The zero-order valence-electron chi connectivity index (χ0n) is 16.1. The molecule has 0 saturated carbocycles. The molecule has 8 heteroatoms. The minimum Gasteiger partial charge on any atom is -0.493 e. The van der Waals surface area contributed by atoms with E-state index in [0.29, 0.717) is 39.4 Å². The summed E-state index contributed by atoms with van der Waals surface area (Å²) in [5, 5.41) is 12.0. The van der Waals surface area contributed by atoms with Gasteiger partial charge in [0, 0.05) is 16.1 Å². The molecule has 1 N–H and O–H groups in total. The summed E-state index contributed by atoms with van der Waals surface area (Å²) in [5.41, 5.74) is 0.769. The van der Waals surface area contributed by atoms with E-state index in [9.17, 15) is 18.8 Å². The van der Waals surface area contributed by atoms with Crippen LogP contribution >= 0.6 is 11.8 Å². The second kappa shape index (κ2) is 10.5. The standard InChI is InChI=1S/C21H20F2N2O3S/c1-13(2)28-19-14(5-4-6-18(19)27-3)11-15(12-24)20(26)25-16-7-9-17(10-8-16)29-21(22)23/h4-11,13,21H,1-3H3,(H,25,26)/b15-11+. The van der Waals surface area contributed by atoms with Gasteiger partial charge in [0.25, 0.3) is 11.7 Å². The summed E-state index contributed by atoms with van der Waals surface area (Å²) in [6, 6.07) is 13.0. The molecule has 0 atom stereocenters. The molecule has 2 rings (SSSR count). The minimum atomic E-state index is -2.52. The highest BCUT2D eigenvalue weighted by atomic mass is 32.2. The number of amides is 1. The first-order valence-corrected chi connectivity index (χ1v) is 9.53. The number of methoxy groups -OCH3 is 1. The summed E-state index contributed by atoms with van der Waals surface area (Å²) in [4.78, 5) is 12.9. The molecule has 0 aliphatic heterocycles. The first-order chi connectivity index (χ1) is 13.8. The Hall–Kier alpha value is -3.05.